The van der Waals surface area contributed by atoms with Crippen molar-refractivity contribution in [3.63, 3.8) is 0 Å². The van der Waals surface area contributed by atoms with Crippen LogP contribution in [-0.4, -0.2) is 43.0 Å². The van der Waals surface area contributed by atoms with E-state index in [1.165, 1.54) is 40.5 Å². The molecule has 0 atom stereocenters. The molecule has 1 aromatic heterocycles. The molecule has 0 saturated heterocycles. The third kappa shape index (κ3) is 5.01. The average Bonchev–Trinajstić information content (AvgIpc) is 3.12. The summed E-state index contributed by atoms with van der Waals surface area (Å²) in [5.74, 6) is -0.707. The van der Waals surface area contributed by atoms with Gasteiger partial charge in [-0.05, 0) is 35.9 Å². The molecule has 3 rings (SSSR count). The standard InChI is InChI=1S/C20H19FN4O3S/c1-23(2)12-13-24(20-22-19-16(21)4-3-5-17(19)29-20)18(26)11-8-14-6-9-15(10-7-14)25(27)28/h3-11H,12-13H2,1-2H3/p+1/b11-8-. The van der Waals surface area contributed by atoms with Gasteiger partial charge in [-0.1, -0.05) is 17.4 Å². The van der Waals surface area contributed by atoms with Crippen LogP contribution in [0.25, 0.3) is 16.3 Å². The van der Waals surface area contributed by atoms with Crippen molar-refractivity contribution in [2.75, 3.05) is 32.1 Å². The zero-order chi connectivity index (χ0) is 21.0. The summed E-state index contributed by atoms with van der Waals surface area (Å²) in [6.45, 7) is 1.11. The lowest BCUT2D eigenvalue weighted by atomic mass is 10.2. The number of nitro benzene ring substituents is 1. The fourth-order valence-corrected chi connectivity index (χ4v) is 3.63. The van der Waals surface area contributed by atoms with E-state index in [2.05, 4.69) is 4.98 Å². The predicted octanol–water partition coefficient (Wildman–Crippen LogP) is 2.53. The molecule has 0 unspecified atom stereocenters. The quantitative estimate of drug-likeness (QED) is 0.365. The van der Waals surface area contributed by atoms with Crippen molar-refractivity contribution in [2.24, 2.45) is 0 Å². The van der Waals surface area contributed by atoms with E-state index in [0.29, 0.717) is 28.5 Å². The maximum absolute atomic E-state index is 14.0. The van der Waals surface area contributed by atoms with E-state index in [-0.39, 0.29) is 17.1 Å². The second kappa shape index (κ2) is 8.89. The van der Waals surface area contributed by atoms with Crippen molar-refractivity contribution in [1.29, 1.82) is 0 Å². The van der Waals surface area contributed by atoms with Gasteiger partial charge in [0, 0.05) is 18.2 Å². The van der Waals surface area contributed by atoms with Crippen molar-refractivity contribution < 1.29 is 19.0 Å². The number of para-hydroxylation sites is 1. The van der Waals surface area contributed by atoms with Gasteiger partial charge in [-0.15, -0.1) is 0 Å². The Morgan fingerprint density at radius 3 is 2.62 bits per heavy atom. The molecule has 0 fully saturated rings. The predicted molar refractivity (Wildman–Crippen MR) is 112 cm³/mol. The maximum Gasteiger partial charge on any atom is 0.269 e. The van der Waals surface area contributed by atoms with Crippen LogP contribution in [0.15, 0.2) is 48.5 Å². The van der Waals surface area contributed by atoms with Crippen LogP contribution in [0, 0.1) is 15.9 Å². The van der Waals surface area contributed by atoms with Crippen LogP contribution in [0.3, 0.4) is 0 Å². The van der Waals surface area contributed by atoms with Crippen molar-refractivity contribution in [3.05, 3.63) is 70.0 Å². The van der Waals surface area contributed by atoms with Crippen molar-refractivity contribution in [2.45, 2.75) is 0 Å². The number of carbonyl (C=O) groups excluding carboxylic acids is 1. The molecule has 1 heterocycles. The summed E-state index contributed by atoms with van der Waals surface area (Å²) in [5, 5.41) is 11.2. The van der Waals surface area contributed by atoms with Crippen LogP contribution < -0.4 is 9.80 Å². The van der Waals surface area contributed by atoms with Gasteiger partial charge in [-0.3, -0.25) is 19.8 Å². The number of likely N-dealkylation sites (N-methyl/N-ethyl adjacent to an activating group) is 1. The van der Waals surface area contributed by atoms with Gasteiger partial charge in [0.05, 0.1) is 36.8 Å². The second-order valence-electron chi connectivity index (χ2n) is 6.71. The lowest BCUT2D eigenvalue weighted by molar-refractivity contribution is -0.856. The van der Waals surface area contributed by atoms with E-state index < -0.39 is 10.7 Å². The lowest BCUT2D eigenvalue weighted by Gasteiger charge is -2.19. The fourth-order valence-electron chi connectivity index (χ4n) is 2.62. The first kappa shape index (κ1) is 20.6. The van der Waals surface area contributed by atoms with Gasteiger partial charge in [-0.2, -0.15) is 0 Å². The minimum Gasteiger partial charge on any atom is -0.338 e. The number of thiazole rings is 1. The Hall–Kier alpha value is -3.17. The number of fused-ring (bicyclic) bond motifs is 1. The van der Waals surface area contributed by atoms with Crippen LogP contribution in [-0.2, 0) is 4.79 Å². The number of carbonyl (C=O) groups is 1. The molecule has 2 aromatic carbocycles. The van der Waals surface area contributed by atoms with Gasteiger partial charge < -0.3 is 4.90 Å². The maximum atomic E-state index is 14.0. The number of benzene rings is 2. The number of halogens is 1. The summed E-state index contributed by atoms with van der Waals surface area (Å²) < 4.78 is 14.7. The molecule has 9 heteroatoms. The third-order valence-electron chi connectivity index (χ3n) is 4.21. The minimum atomic E-state index is -0.476. The monoisotopic (exact) mass is 415 g/mol. The first-order chi connectivity index (χ1) is 13.8. The number of anilines is 1. The number of non-ortho nitro benzene ring substituents is 1. The fraction of sp³-hybridized carbons (Fsp3) is 0.200. The van der Waals surface area contributed by atoms with Crippen LogP contribution in [0.2, 0.25) is 0 Å². The van der Waals surface area contributed by atoms with Crippen molar-refractivity contribution >= 4 is 44.4 Å². The minimum absolute atomic E-state index is 0.0134. The topological polar surface area (TPSA) is 80.8 Å². The Labute approximate surface area is 170 Å². The Morgan fingerprint density at radius 2 is 2.00 bits per heavy atom. The van der Waals surface area contributed by atoms with Crippen molar-refractivity contribution in [1.82, 2.24) is 4.98 Å². The van der Waals surface area contributed by atoms with Crippen LogP contribution in [0.4, 0.5) is 15.2 Å². The molecule has 0 spiro atoms. The largest absolute Gasteiger partial charge is 0.338 e. The highest BCUT2D eigenvalue weighted by Gasteiger charge is 2.20. The molecule has 3 aromatic rings. The number of nitrogens with one attached hydrogen (secondary N) is 1. The SMILES string of the molecule is C[NH+](C)CCN(C(=O)/C=C\c1ccc([N+](=O)[O-])cc1)c1nc2c(F)cccc2s1. The lowest BCUT2D eigenvalue weighted by Crippen LogP contribution is -3.06. The smallest absolute Gasteiger partial charge is 0.269 e. The average molecular weight is 415 g/mol. The van der Waals surface area contributed by atoms with Crippen molar-refractivity contribution in [3.8, 4) is 0 Å². The first-order valence-electron chi connectivity index (χ1n) is 8.93. The van der Waals surface area contributed by atoms with Gasteiger partial charge >= 0.3 is 0 Å². The third-order valence-corrected chi connectivity index (χ3v) is 5.26. The Bertz CT molecular complexity index is 1060. The molecule has 0 saturated carbocycles. The van der Waals surface area contributed by atoms with E-state index in [9.17, 15) is 19.3 Å². The summed E-state index contributed by atoms with van der Waals surface area (Å²) >= 11 is 1.26. The molecular formula is C20H20FN4O3S+. The Kier molecular flexibility index (Phi) is 6.30. The number of hydrogen-bond donors (Lipinski definition) is 1. The highest BCUT2D eigenvalue weighted by atomic mass is 32.1. The zero-order valence-corrected chi connectivity index (χ0v) is 16.8. The number of amides is 1. The molecular weight excluding hydrogens is 395 g/mol. The summed E-state index contributed by atoms with van der Waals surface area (Å²) in [6, 6.07) is 10.6. The first-order valence-corrected chi connectivity index (χ1v) is 9.75. The Balaban J connectivity index is 1.85. The molecule has 7 nitrogen and oxygen atoms in total. The van der Waals surface area contributed by atoms with E-state index >= 15 is 0 Å². The Morgan fingerprint density at radius 1 is 1.28 bits per heavy atom. The molecule has 0 bridgehead atoms. The van der Waals surface area contributed by atoms with E-state index in [0.717, 1.165) is 4.90 Å². The normalized spacial score (nSPS) is 11.4. The van der Waals surface area contributed by atoms with E-state index in [1.807, 2.05) is 14.1 Å². The van der Waals surface area contributed by atoms with Gasteiger partial charge in [0.25, 0.3) is 11.6 Å². The van der Waals surface area contributed by atoms with Gasteiger partial charge in [0.2, 0.25) is 0 Å². The summed E-state index contributed by atoms with van der Waals surface area (Å²) in [6.07, 6.45) is 2.99. The zero-order valence-electron chi connectivity index (χ0n) is 16.0. The van der Waals surface area contributed by atoms with E-state index in [4.69, 9.17) is 0 Å². The highest BCUT2D eigenvalue weighted by molar-refractivity contribution is 7.22. The van der Waals surface area contributed by atoms with Gasteiger partial charge in [0.15, 0.2) is 5.13 Å². The van der Waals surface area contributed by atoms with Crippen LogP contribution in [0.5, 0.6) is 0 Å². The number of aromatic nitrogens is 1. The van der Waals surface area contributed by atoms with Gasteiger partial charge in [0.1, 0.15) is 11.3 Å². The molecule has 0 aliphatic rings. The number of nitrogens with zero attached hydrogens (tertiary/aromatic N) is 3. The molecule has 0 aliphatic carbocycles. The molecule has 150 valence electrons. The number of hydrogen-bond acceptors (Lipinski definition) is 5. The number of rotatable bonds is 7. The molecule has 1 N–H and O–H groups in total. The number of nitro groups is 1. The second-order valence-corrected chi connectivity index (χ2v) is 7.72. The van der Waals surface area contributed by atoms with Crippen LogP contribution >= 0.6 is 11.3 Å². The molecule has 0 radical (unpaired) electrons. The van der Waals surface area contributed by atoms with E-state index in [1.54, 1.807) is 30.3 Å². The van der Waals surface area contributed by atoms with Gasteiger partial charge in [-0.25, -0.2) is 9.37 Å². The summed E-state index contributed by atoms with van der Waals surface area (Å²) in [5.41, 5.74) is 0.903. The number of quaternary nitrogens is 1. The summed E-state index contributed by atoms with van der Waals surface area (Å²) in [4.78, 5) is 30.1. The highest BCUT2D eigenvalue weighted by Crippen LogP contribution is 2.30. The molecule has 0 aliphatic heterocycles. The summed E-state index contributed by atoms with van der Waals surface area (Å²) in [7, 11) is 3.96. The molecule has 1 amide bonds. The van der Waals surface area contributed by atoms with Crippen LogP contribution in [0.1, 0.15) is 5.56 Å². The molecule has 29 heavy (non-hydrogen) atoms.